The van der Waals surface area contributed by atoms with E-state index in [4.69, 9.17) is 21.7 Å². The van der Waals surface area contributed by atoms with Crippen molar-refractivity contribution in [2.75, 3.05) is 27.9 Å². The minimum Gasteiger partial charge on any atom is -0.496 e. The van der Waals surface area contributed by atoms with Crippen molar-refractivity contribution >= 4 is 62.2 Å². The van der Waals surface area contributed by atoms with Crippen molar-refractivity contribution in [2.45, 2.75) is 0 Å². The molecule has 0 atom stereocenters. The van der Waals surface area contributed by atoms with E-state index >= 15 is 0 Å². The van der Waals surface area contributed by atoms with Crippen LogP contribution in [0, 0.1) is 0 Å². The van der Waals surface area contributed by atoms with Gasteiger partial charge in [0.15, 0.2) is 0 Å². The number of methoxy groups -OCH3 is 3. The number of ether oxygens (including phenoxy) is 3. The number of rotatable bonds is 5. The summed E-state index contributed by atoms with van der Waals surface area (Å²) in [4.78, 5) is 25.5. The van der Waals surface area contributed by atoms with Crippen molar-refractivity contribution in [3.05, 3.63) is 27.1 Å². The highest BCUT2D eigenvalue weighted by atomic mass is 79.9. The van der Waals surface area contributed by atoms with Gasteiger partial charge >= 0.3 is 5.97 Å². The average Bonchev–Trinajstić information content (AvgIpc) is 2.82. The van der Waals surface area contributed by atoms with Crippen molar-refractivity contribution < 1.29 is 23.8 Å². The Bertz CT molecular complexity index is 735. The second-order valence-corrected chi connectivity index (χ2v) is 7.10. The topological polar surface area (TPSA) is 65.1 Å². The molecule has 1 aromatic carbocycles. The molecule has 1 aliphatic rings. The van der Waals surface area contributed by atoms with Crippen LogP contribution in [0.25, 0.3) is 6.08 Å². The Morgan fingerprint density at radius 1 is 1.29 bits per heavy atom. The molecule has 0 aromatic heterocycles. The Morgan fingerprint density at radius 2 is 1.96 bits per heavy atom. The van der Waals surface area contributed by atoms with E-state index in [0.717, 1.165) is 16.2 Å². The first-order valence-electron chi connectivity index (χ1n) is 6.65. The third-order valence-corrected chi connectivity index (χ3v) is 5.18. The minimum absolute atomic E-state index is 0.206. The quantitative estimate of drug-likeness (QED) is 0.403. The van der Waals surface area contributed by atoms with E-state index in [9.17, 15) is 9.59 Å². The summed E-state index contributed by atoms with van der Waals surface area (Å²) in [5, 5.41) is 0. The molecule has 0 aliphatic carbocycles. The molecule has 2 rings (SSSR count). The van der Waals surface area contributed by atoms with Crippen LogP contribution in [0.3, 0.4) is 0 Å². The van der Waals surface area contributed by atoms with Crippen molar-refractivity contribution in [3.8, 4) is 11.5 Å². The number of thiocarbonyl (C=S) groups is 1. The van der Waals surface area contributed by atoms with Gasteiger partial charge in [-0.25, -0.2) is 0 Å². The molecule has 24 heavy (non-hydrogen) atoms. The molecule has 0 radical (unpaired) electrons. The van der Waals surface area contributed by atoms with Crippen LogP contribution >= 0.6 is 39.9 Å². The van der Waals surface area contributed by atoms with E-state index in [0.29, 0.717) is 26.3 Å². The smallest absolute Gasteiger partial charge is 0.325 e. The molecular weight excluding hydrogens is 418 g/mol. The predicted molar refractivity (Wildman–Crippen MR) is 99.1 cm³/mol. The molecule has 9 heteroatoms. The third-order valence-electron chi connectivity index (χ3n) is 3.18. The largest absolute Gasteiger partial charge is 0.496 e. The standard InChI is InChI=1S/C15H14BrNO5S2/c1-20-10-6-11(21-2)9(16)4-8(10)5-12-14(19)17(15(23)24-12)7-13(18)22-3/h4-6H,7H2,1-3H3/b12-5-. The SMILES string of the molecule is COC(=O)CN1C(=O)/C(=C/c2cc(Br)c(OC)cc2OC)SC1=S. The number of amides is 1. The molecule has 1 amide bonds. The average molecular weight is 432 g/mol. The van der Waals surface area contributed by atoms with Crippen molar-refractivity contribution in [1.82, 2.24) is 4.90 Å². The summed E-state index contributed by atoms with van der Waals surface area (Å²) in [6.07, 6.45) is 1.67. The summed E-state index contributed by atoms with van der Waals surface area (Å²) in [7, 11) is 4.34. The number of nitrogens with zero attached hydrogens (tertiary/aromatic N) is 1. The van der Waals surface area contributed by atoms with E-state index in [1.54, 1.807) is 25.3 Å². The Hall–Kier alpha value is -1.58. The molecule has 1 saturated heterocycles. The van der Waals surface area contributed by atoms with Crippen LogP contribution in [-0.2, 0) is 14.3 Å². The number of hydrogen-bond donors (Lipinski definition) is 0. The van der Waals surface area contributed by atoms with E-state index in [-0.39, 0.29) is 12.5 Å². The molecule has 1 heterocycles. The number of hydrogen-bond acceptors (Lipinski definition) is 7. The molecule has 1 aliphatic heterocycles. The van der Waals surface area contributed by atoms with Crippen LogP contribution in [0.15, 0.2) is 21.5 Å². The van der Waals surface area contributed by atoms with Crippen LogP contribution in [-0.4, -0.2) is 49.0 Å². The minimum atomic E-state index is -0.530. The van der Waals surface area contributed by atoms with Gasteiger partial charge in [-0.3, -0.25) is 14.5 Å². The summed E-state index contributed by atoms with van der Waals surface area (Å²) >= 11 is 9.69. The molecule has 0 saturated carbocycles. The van der Waals surface area contributed by atoms with Gasteiger partial charge in [0.25, 0.3) is 5.91 Å². The van der Waals surface area contributed by atoms with Crippen molar-refractivity contribution in [1.29, 1.82) is 0 Å². The summed E-state index contributed by atoms with van der Waals surface area (Å²) in [6.45, 7) is -0.206. The van der Waals surface area contributed by atoms with Crippen LogP contribution in [0.5, 0.6) is 11.5 Å². The van der Waals surface area contributed by atoms with Gasteiger partial charge in [0.1, 0.15) is 22.4 Å². The maximum atomic E-state index is 12.4. The monoisotopic (exact) mass is 431 g/mol. The van der Waals surface area contributed by atoms with Gasteiger partial charge < -0.3 is 14.2 Å². The molecule has 0 bridgehead atoms. The number of carbonyl (C=O) groups is 2. The Kier molecular flexibility index (Phi) is 6.25. The number of benzene rings is 1. The molecule has 1 aromatic rings. The molecule has 128 valence electrons. The maximum absolute atomic E-state index is 12.4. The van der Waals surface area contributed by atoms with Crippen LogP contribution < -0.4 is 9.47 Å². The van der Waals surface area contributed by atoms with Crippen LogP contribution in [0.2, 0.25) is 0 Å². The van der Waals surface area contributed by atoms with E-state index in [1.807, 2.05) is 0 Å². The fourth-order valence-corrected chi connectivity index (χ4v) is 3.74. The molecule has 1 fully saturated rings. The van der Waals surface area contributed by atoms with Crippen LogP contribution in [0.4, 0.5) is 0 Å². The van der Waals surface area contributed by atoms with Gasteiger partial charge in [-0.2, -0.15) is 0 Å². The molecule has 6 nitrogen and oxygen atoms in total. The first-order chi connectivity index (χ1) is 11.4. The van der Waals surface area contributed by atoms with Gasteiger partial charge in [-0.05, 0) is 28.1 Å². The highest BCUT2D eigenvalue weighted by Crippen LogP contribution is 2.37. The summed E-state index contributed by atoms with van der Waals surface area (Å²) in [6, 6.07) is 3.50. The Labute approximate surface area is 157 Å². The lowest BCUT2D eigenvalue weighted by Crippen LogP contribution is -2.33. The van der Waals surface area contributed by atoms with Gasteiger partial charge in [0, 0.05) is 11.6 Å². The second kappa shape index (κ2) is 8.00. The molecule has 0 N–H and O–H groups in total. The first-order valence-corrected chi connectivity index (χ1v) is 8.66. The normalized spacial score (nSPS) is 15.8. The number of esters is 1. The van der Waals surface area contributed by atoms with Crippen LogP contribution in [0.1, 0.15) is 5.56 Å². The van der Waals surface area contributed by atoms with Crippen molar-refractivity contribution in [2.24, 2.45) is 0 Å². The maximum Gasteiger partial charge on any atom is 0.325 e. The fourth-order valence-electron chi connectivity index (χ4n) is 1.97. The number of thioether (sulfide) groups is 1. The lowest BCUT2D eigenvalue weighted by molar-refractivity contribution is -0.143. The Balaban J connectivity index is 2.35. The van der Waals surface area contributed by atoms with Gasteiger partial charge in [-0.15, -0.1) is 0 Å². The molecular formula is C15H14BrNO5S2. The lowest BCUT2D eigenvalue weighted by Gasteiger charge is -2.12. The predicted octanol–water partition coefficient (Wildman–Crippen LogP) is 2.84. The zero-order valence-electron chi connectivity index (χ0n) is 13.1. The van der Waals surface area contributed by atoms with E-state index in [1.165, 1.54) is 19.1 Å². The van der Waals surface area contributed by atoms with Gasteiger partial charge in [0.2, 0.25) is 0 Å². The summed E-state index contributed by atoms with van der Waals surface area (Å²) in [5.74, 6) is 0.289. The summed E-state index contributed by atoms with van der Waals surface area (Å²) < 4.78 is 16.2. The first kappa shape index (κ1) is 18.8. The lowest BCUT2D eigenvalue weighted by atomic mass is 10.1. The van der Waals surface area contributed by atoms with Crippen molar-refractivity contribution in [3.63, 3.8) is 0 Å². The van der Waals surface area contributed by atoms with E-state index in [2.05, 4.69) is 20.7 Å². The summed E-state index contributed by atoms with van der Waals surface area (Å²) in [5.41, 5.74) is 0.684. The third kappa shape index (κ3) is 3.90. The highest BCUT2D eigenvalue weighted by Gasteiger charge is 2.33. The highest BCUT2D eigenvalue weighted by molar-refractivity contribution is 9.10. The molecule has 0 spiro atoms. The van der Waals surface area contributed by atoms with Gasteiger partial charge in [0.05, 0.1) is 30.7 Å². The zero-order chi connectivity index (χ0) is 17.9. The zero-order valence-corrected chi connectivity index (χ0v) is 16.3. The Morgan fingerprint density at radius 3 is 2.54 bits per heavy atom. The number of halogens is 1. The van der Waals surface area contributed by atoms with Gasteiger partial charge in [-0.1, -0.05) is 24.0 Å². The van der Waals surface area contributed by atoms with E-state index < -0.39 is 5.97 Å². The molecule has 0 unspecified atom stereocenters. The fraction of sp³-hybridized carbons (Fsp3) is 0.267. The second-order valence-electron chi connectivity index (χ2n) is 4.57. The number of carbonyl (C=O) groups excluding carboxylic acids is 2.